The zero-order valence-corrected chi connectivity index (χ0v) is 12.9. The summed E-state index contributed by atoms with van der Waals surface area (Å²) >= 11 is 3.62. The van der Waals surface area contributed by atoms with E-state index in [9.17, 15) is 0 Å². The van der Waals surface area contributed by atoms with Gasteiger partial charge in [-0.15, -0.1) is 0 Å². The highest BCUT2D eigenvalue weighted by Crippen LogP contribution is 2.33. The van der Waals surface area contributed by atoms with Gasteiger partial charge in [-0.1, -0.05) is 28.9 Å². The minimum Gasteiger partial charge on any atom is -0.355 e. The fraction of sp³-hybridized carbons (Fsp3) is 0.533. The number of rotatable bonds is 6. The van der Waals surface area contributed by atoms with E-state index in [2.05, 4.69) is 56.6 Å². The summed E-state index contributed by atoms with van der Waals surface area (Å²) in [6.45, 7) is 4.50. The number of fused-ring (bicyclic) bond motifs is 1. The average Bonchev–Trinajstić information content (AvgIpc) is 3.16. The second kappa shape index (κ2) is 5.53. The maximum absolute atomic E-state index is 4.84. The first kappa shape index (κ1) is 13.0. The van der Waals surface area contributed by atoms with Crippen LogP contribution in [0.1, 0.15) is 31.9 Å². The molecule has 1 fully saturated rings. The molecule has 0 spiro atoms. The van der Waals surface area contributed by atoms with E-state index in [1.807, 2.05) is 0 Å². The molecule has 0 amide bonds. The molecule has 0 bridgehead atoms. The van der Waals surface area contributed by atoms with E-state index in [0.29, 0.717) is 0 Å². The largest absolute Gasteiger partial charge is 0.355 e. The summed E-state index contributed by atoms with van der Waals surface area (Å²) in [5, 5.41) is 0.846. The van der Waals surface area contributed by atoms with Crippen LogP contribution >= 0.6 is 15.9 Å². The van der Waals surface area contributed by atoms with E-state index in [1.54, 1.807) is 0 Å². The fourth-order valence-electron chi connectivity index (χ4n) is 2.58. The zero-order valence-electron chi connectivity index (χ0n) is 11.3. The first-order valence-corrected chi connectivity index (χ1v) is 8.22. The van der Waals surface area contributed by atoms with Crippen LogP contribution in [-0.2, 0) is 5.33 Å². The summed E-state index contributed by atoms with van der Waals surface area (Å²) in [4.78, 5) is 7.32. The zero-order chi connectivity index (χ0) is 13.2. The molecule has 1 saturated carbocycles. The van der Waals surface area contributed by atoms with E-state index >= 15 is 0 Å². The Hall–Kier alpha value is -1.03. The highest BCUT2D eigenvalue weighted by atomic mass is 79.9. The number of hydrogen-bond acceptors (Lipinski definition) is 2. The minimum absolute atomic E-state index is 0.846. The van der Waals surface area contributed by atoms with Crippen molar-refractivity contribution in [1.29, 1.82) is 0 Å². The lowest BCUT2D eigenvalue weighted by atomic mass is 10.3. The minimum atomic E-state index is 0.846. The number of aromatic nitrogens is 2. The van der Waals surface area contributed by atoms with E-state index in [-0.39, 0.29) is 0 Å². The molecule has 0 radical (unpaired) electrons. The number of alkyl halides is 1. The van der Waals surface area contributed by atoms with Crippen LogP contribution in [0.25, 0.3) is 5.65 Å². The van der Waals surface area contributed by atoms with Gasteiger partial charge in [-0.3, -0.25) is 0 Å². The Kier molecular flexibility index (Phi) is 3.78. The normalized spacial score (nSPS) is 15.1. The van der Waals surface area contributed by atoms with Crippen LogP contribution in [0.4, 0.5) is 5.82 Å². The molecule has 0 unspecified atom stereocenters. The van der Waals surface area contributed by atoms with Gasteiger partial charge in [0.25, 0.3) is 0 Å². The van der Waals surface area contributed by atoms with Crippen LogP contribution in [0.3, 0.4) is 0 Å². The molecule has 0 aromatic carbocycles. The van der Waals surface area contributed by atoms with E-state index in [1.165, 1.54) is 25.0 Å². The van der Waals surface area contributed by atoms with Gasteiger partial charge in [0.15, 0.2) is 5.82 Å². The summed E-state index contributed by atoms with van der Waals surface area (Å²) in [5.74, 6) is 2.05. The lowest BCUT2D eigenvalue weighted by molar-refractivity contribution is 0.698. The highest BCUT2D eigenvalue weighted by molar-refractivity contribution is 9.08. The van der Waals surface area contributed by atoms with Crippen LogP contribution in [0.15, 0.2) is 24.4 Å². The lowest BCUT2D eigenvalue weighted by Crippen LogP contribution is -2.27. The third kappa shape index (κ3) is 2.64. The topological polar surface area (TPSA) is 20.5 Å². The molecule has 3 rings (SSSR count). The number of anilines is 1. The van der Waals surface area contributed by atoms with Crippen molar-refractivity contribution >= 4 is 27.4 Å². The van der Waals surface area contributed by atoms with Crippen molar-refractivity contribution in [3.05, 3.63) is 30.1 Å². The average molecular weight is 322 g/mol. The Morgan fingerprint density at radius 2 is 2.26 bits per heavy atom. The third-order valence-electron chi connectivity index (χ3n) is 3.70. The second-order valence-corrected chi connectivity index (χ2v) is 5.89. The van der Waals surface area contributed by atoms with Crippen molar-refractivity contribution in [3.8, 4) is 0 Å². The molecule has 0 N–H and O–H groups in total. The molecule has 2 aromatic heterocycles. The van der Waals surface area contributed by atoms with Crippen molar-refractivity contribution < 1.29 is 0 Å². The molecule has 102 valence electrons. The van der Waals surface area contributed by atoms with E-state index < -0.39 is 0 Å². The summed E-state index contributed by atoms with van der Waals surface area (Å²) in [6.07, 6.45) is 6.04. The maximum Gasteiger partial charge on any atom is 0.152 e. The summed E-state index contributed by atoms with van der Waals surface area (Å²) in [6, 6.07) is 6.20. The number of nitrogens with zero attached hydrogens (tertiary/aromatic N) is 3. The van der Waals surface area contributed by atoms with Gasteiger partial charge in [0.1, 0.15) is 5.65 Å². The second-order valence-electron chi connectivity index (χ2n) is 5.33. The fourth-order valence-corrected chi connectivity index (χ4v) is 3.10. The predicted molar refractivity (Wildman–Crippen MR) is 83.1 cm³/mol. The standard InChI is InChI=1S/C15H20BrN3/c1-2-8-18(11-12-6-7-12)15-13(10-16)19-9-4-3-5-14(19)17-15/h3-5,9,12H,2,6-8,10-11H2,1H3. The van der Waals surface area contributed by atoms with Crippen LogP contribution in [0.5, 0.6) is 0 Å². The molecular formula is C15H20BrN3. The van der Waals surface area contributed by atoms with Gasteiger partial charge in [0.2, 0.25) is 0 Å². The molecule has 0 aliphatic heterocycles. The molecular weight excluding hydrogens is 302 g/mol. The Morgan fingerprint density at radius 3 is 2.95 bits per heavy atom. The van der Waals surface area contributed by atoms with Gasteiger partial charge < -0.3 is 9.30 Å². The summed E-state index contributed by atoms with van der Waals surface area (Å²) in [5.41, 5.74) is 2.31. The smallest absolute Gasteiger partial charge is 0.152 e. The van der Waals surface area contributed by atoms with Gasteiger partial charge in [0.05, 0.1) is 5.69 Å². The Bertz CT molecular complexity index is 560. The summed E-state index contributed by atoms with van der Waals surface area (Å²) in [7, 11) is 0. The van der Waals surface area contributed by atoms with Crippen molar-refractivity contribution in [2.75, 3.05) is 18.0 Å². The molecule has 0 saturated heterocycles. The summed E-state index contributed by atoms with van der Waals surface area (Å²) < 4.78 is 2.19. The van der Waals surface area contributed by atoms with Crippen molar-refractivity contribution in [2.24, 2.45) is 5.92 Å². The molecule has 0 atom stereocenters. The van der Waals surface area contributed by atoms with Gasteiger partial charge in [0, 0.05) is 24.6 Å². The molecule has 3 nitrogen and oxygen atoms in total. The SMILES string of the molecule is CCCN(CC1CC1)c1nc2ccccn2c1CBr. The molecule has 1 aliphatic carbocycles. The number of halogens is 1. The monoisotopic (exact) mass is 321 g/mol. The van der Waals surface area contributed by atoms with Gasteiger partial charge in [-0.25, -0.2) is 4.98 Å². The van der Waals surface area contributed by atoms with Crippen LogP contribution in [-0.4, -0.2) is 22.5 Å². The molecule has 4 heteroatoms. The Labute approximate surface area is 122 Å². The van der Waals surface area contributed by atoms with Crippen LogP contribution < -0.4 is 4.90 Å². The molecule has 2 heterocycles. The Balaban J connectivity index is 2.00. The lowest BCUT2D eigenvalue weighted by Gasteiger charge is -2.22. The Morgan fingerprint density at radius 1 is 1.42 bits per heavy atom. The molecule has 2 aromatic rings. The number of pyridine rings is 1. The quantitative estimate of drug-likeness (QED) is 0.753. The van der Waals surface area contributed by atoms with Crippen molar-refractivity contribution in [1.82, 2.24) is 9.38 Å². The molecule has 19 heavy (non-hydrogen) atoms. The van der Waals surface area contributed by atoms with Gasteiger partial charge in [-0.05, 0) is 37.3 Å². The van der Waals surface area contributed by atoms with Crippen LogP contribution in [0, 0.1) is 5.92 Å². The molecule has 1 aliphatic rings. The van der Waals surface area contributed by atoms with Gasteiger partial charge in [-0.2, -0.15) is 0 Å². The highest BCUT2D eigenvalue weighted by Gasteiger charge is 2.26. The first-order valence-electron chi connectivity index (χ1n) is 7.10. The van der Waals surface area contributed by atoms with Crippen LogP contribution in [0.2, 0.25) is 0 Å². The first-order chi connectivity index (χ1) is 9.33. The number of hydrogen-bond donors (Lipinski definition) is 0. The predicted octanol–water partition coefficient (Wildman–Crippen LogP) is 3.86. The maximum atomic E-state index is 4.84. The van der Waals surface area contributed by atoms with Crippen molar-refractivity contribution in [3.63, 3.8) is 0 Å². The van der Waals surface area contributed by atoms with E-state index in [0.717, 1.165) is 35.8 Å². The van der Waals surface area contributed by atoms with Crippen molar-refractivity contribution in [2.45, 2.75) is 31.5 Å². The third-order valence-corrected chi connectivity index (χ3v) is 4.23. The van der Waals surface area contributed by atoms with Gasteiger partial charge >= 0.3 is 0 Å². The van der Waals surface area contributed by atoms with E-state index in [4.69, 9.17) is 4.98 Å². The number of imidazole rings is 1.